The van der Waals surface area contributed by atoms with Crippen LogP contribution in [0, 0.1) is 11.6 Å². The maximum Gasteiger partial charge on any atom is 0.161 e. The lowest BCUT2D eigenvalue weighted by Crippen LogP contribution is -2.00. The first-order valence-electron chi connectivity index (χ1n) is 4.65. The second-order valence-corrected chi connectivity index (χ2v) is 3.28. The number of halogens is 2. The zero-order valence-electron chi connectivity index (χ0n) is 8.52. The van der Waals surface area contributed by atoms with Gasteiger partial charge in [-0.25, -0.2) is 18.7 Å². The molecule has 17 heavy (non-hydrogen) atoms. The molecule has 0 aliphatic carbocycles. The molecule has 1 aromatic carbocycles. The van der Waals surface area contributed by atoms with E-state index in [-0.39, 0.29) is 22.8 Å². The summed E-state index contributed by atoms with van der Waals surface area (Å²) in [5.41, 5.74) is 5.92. The van der Waals surface area contributed by atoms with E-state index in [9.17, 15) is 13.6 Å². The highest BCUT2D eigenvalue weighted by Gasteiger charge is 2.08. The summed E-state index contributed by atoms with van der Waals surface area (Å²) in [6.45, 7) is 0. The van der Waals surface area contributed by atoms with Crippen molar-refractivity contribution in [2.45, 2.75) is 0 Å². The molecule has 1 aromatic heterocycles. The fourth-order valence-electron chi connectivity index (χ4n) is 1.27. The second kappa shape index (κ2) is 4.25. The van der Waals surface area contributed by atoms with E-state index in [1.54, 1.807) is 0 Å². The van der Waals surface area contributed by atoms with Gasteiger partial charge < -0.3 is 5.73 Å². The first-order valence-corrected chi connectivity index (χ1v) is 4.65. The molecule has 0 radical (unpaired) electrons. The van der Waals surface area contributed by atoms with Gasteiger partial charge in [0.15, 0.2) is 23.7 Å². The van der Waals surface area contributed by atoms with Crippen LogP contribution in [0.4, 0.5) is 14.6 Å². The van der Waals surface area contributed by atoms with Gasteiger partial charge in [0.05, 0.1) is 5.56 Å². The predicted molar refractivity (Wildman–Crippen MR) is 57.2 cm³/mol. The molecular formula is C11H7F2N3O. The molecule has 0 aliphatic heterocycles. The van der Waals surface area contributed by atoms with E-state index in [1.165, 1.54) is 12.3 Å². The van der Waals surface area contributed by atoms with Crippen LogP contribution in [0.15, 0.2) is 24.4 Å². The molecule has 0 saturated heterocycles. The topological polar surface area (TPSA) is 68.9 Å². The van der Waals surface area contributed by atoms with Crippen LogP contribution in [-0.4, -0.2) is 16.3 Å². The maximum absolute atomic E-state index is 13.0. The number of aldehydes is 1. The van der Waals surface area contributed by atoms with E-state index in [2.05, 4.69) is 9.97 Å². The third kappa shape index (κ3) is 2.10. The number of carbonyl (C=O) groups excluding carboxylic acids is 1. The Morgan fingerprint density at radius 1 is 1.24 bits per heavy atom. The highest BCUT2D eigenvalue weighted by Crippen LogP contribution is 2.19. The highest BCUT2D eigenvalue weighted by molar-refractivity contribution is 5.81. The number of benzene rings is 1. The summed E-state index contributed by atoms with van der Waals surface area (Å²) in [6.07, 6.45) is 1.75. The van der Waals surface area contributed by atoms with Crippen LogP contribution in [0.1, 0.15) is 10.4 Å². The number of nitrogens with zero attached hydrogens (tertiary/aromatic N) is 2. The Morgan fingerprint density at radius 3 is 2.59 bits per heavy atom. The summed E-state index contributed by atoms with van der Waals surface area (Å²) in [5, 5.41) is 0. The molecule has 0 atom stereocenters. The Morgan fingerprint density at radius 2 is 2.00 bits per heavy atom. The number of rotatable bonds is 2. The van der Waals surface area contributed by atoms with Crippen LogP contribution < -0.4 is 5.73 Å². The Hall–Kier alpha value is -2.37. The van der Waals surface area contributed by atoms with Crippen molar-refractivity contribution < 1.29 is 13.6 Å². The molecule has 86 valence electrons. The van der Waals surface area contributed by atoms with E-state index in [0.29, 0.717) is 6.29 Å². The Balaban J connectivity index is 2.49. The number of carbonyl (C=O) groups is 1. The molecule has 0 spiro atoms. The van der Waals surface area contributed by atoms with Gasteiger partial charge >= 0.3 is 0 Å². The second-order valence-electron chi connectivity index (χ2n) is 3.28. The Bertz CT molecular complexity index is 587. The van der Waals surface area contributed by atoms with Crippen molar-refractivity contribution in [3.8, 4) is 11.4 Å². The summed E-state index contributed by atoms with van der Waals surface area (Å²) in [5.74, 6) is -1.82. The quantitative estimate of drug-likeness (QED) is 0.806. The number of hydrogen-bond donors (Lipinski definition) is 1. The fraction of sp³-hybridized carbons (Fsp3) is 0. The van der Waals surface area contributed by atoms with Gasteiger partial charge in [0, 0.05) is 11.8 Å². The van der Waals surface area contributed by atoms with Crippen LogP contribution >= 0.6 is 0 Å². The van der Waals surface area contributed by atoms with Crippen molar-refractivity contribution in [2.75, 3.05) is 5.73 Å². The number of aromatic nitrogens is 2. The standard InChI is InChI=1S/C11H7F2N3O/c12-8-2-1-6(3-9(8)13)11-15-4-7(5-17)10(14)16-11/h1-5H,(H2,14,15,16). The highest BCUT2D eigenvalue weighted by atomic mass is 19.2. The normalized spacial score (nSPS) is 10.2. The zero-order chi connectivity index (χ0) is 12.4. The minimum absolute atomic E-state index is 0.00488. The van der Waals surface area contributed by atoms with E-state index in [1.807, 2.05) is 0 Å². The Kier molecular flexibility index (Phi) is 2.78. The van der Waals surface area contributed by atoms with Crippen LogP contribution in [0.3, 0.4) is 0 Å². The van der Waals surface area contributed by atoms with Gasteiger partial charge in [-0.3, -0.25) is 4.79 Å². The van der Waals surface area contributed by atoms with E-state index >= 15 is 0 Å². The van der Waals surface area contributed by atoms with Gasteiger partial charge in [-0.05, 0) is 18.2 Å². The molecule has 6 heteroatoms. The molecule has 0 unspecified atom stereocenters. The van der Waals surface area contributed by atoms with E-state index in [4.69, 9.17) is 5.73 Å². The monoisotopic (exact) mass is 235 g/mol. The van der Waals surface area contributed by atoms with E-state index in [0.717, 1.165) is 12.1 Å². The summed E-state index contributed by atoms with van der Waals surface area (Å²) >= 11 is 0. The number of nitrogens with two attached hydrogens (primary N) is 1. The maximum atomic E-state index is 13.0. The smallest absolute Gasteiger partial charge is 0.161 e. The summed E-state index contributed by atoms with van der Waals surface area (Å²) < 4.78 is 25.7. The van der Waals surface area contributed by atoms with Crippen molar-refractivity contribution in [2.24, 2.45) is 0 Å². The van der Waals surface area contributed by atoms with Crippen LogP contribution in [-0.2, 0) is 0 Å². The van der Waals surface area contributed by atoms with Gasteiger partial charge in [0.1, 0.15) is 5.82 Å². The average molecular weight is 235 g/mol. The molecule has 0 amide bonds. The van der Waals surface area contributed by atoms with Crippen LogP contribution in [0.25, 0.3) is 11.4 Å². The third-order valence-electron chi connectivity index (χ3n) is 2.15. The van der Waals surface area contributed by atoms with Gasteiger partial charge in [0.25, 0.3) is 0 Å². The summed E-state index contributed by atoms with van der Waals surface area (Å²) in [7, 11) is 0. The largest absolute Gasteiger partial charge is 0.383 e. The number of anilines is 1. The van der Waals surface area contributed by atoms with Crippen molar-refractivity contribution in [1.29, 1.82) is 0 Å². The minimum atomic E-state index is -0.996. The van der Waals surface area contributed by atoms with Crippen molar-refractivity contribution >= 4 is 12.1 Å². The number of hydrogen-bond acceptors (Lipinski definition) is 4. The minimum Gasteiger partial charge on any atom is -0.383 e. The molecule has 2 N–H and O–H groups in total. The van der Waals surface area contributed by atoms with Gasteiger partial charge in [0.2, 0.25) is 0 Å². The van der Waals surface area contributed by atoms with Crippen LogP contribution in [0.2, 0.25) is 0 Å². The lowest BCUT2D eigenvalue weighted by molar-refractivity contribution is 0.112. The summed E-state index contributed by atoms with van der Waals surface area (Å²) in [6, 6.07) is 3.26. The molecular weight excluding hydrogens is 228 g/mol. The first-order chi connectivity index (χ1) is 8.11. The molecule has 2 rings (SSSR count). The van der Waals surface area contributed by atoms with Crippen molar-refractivity contribution in [1.82, 2.24) is 9.97 Å². The van der Waals surface area contributed by atoms with E-state index < -0.39 is 11.6 Å². The molecule has 2 aromatic rings. The van der Waals surface area contributed by atoms with Crippen molar-refractivity contribution in [3.63, 3.8) is 0 Å². The zero-order valence-corrected chi connectivity index (χ0v) is 8.52. The number of nitrogen functional groups attached to an aromatic ring is 1. The Labute approximate surface area is 95.1 Å². The average Bonchev–Trinajstić information content (AvgIpc) is 2.32. The fourth-order valence-corrected chi connectivity index (χ4v) is 1.27. The van der Waals surface area contributed by atoms with Gasteiger partial charge in [-0.15, -0.1) is 0 Å². The van der Waals surface area contributed by atoms with Gasteiger partial charge in [-0.2, -0.15) is 0 Å². The third-order valence-corrected chi connectivity index (χ3v) is 2.15. The molecule has 0 saturated carbocycles. The predicted octanol–water partition coefficient (Wildman–Crippen LogP) is 1.82. The SMILES string of the molecule is Nc1nc(-c2ccc(F)c(F)c2)ncc1C=O. The molecule has 4 nitrogen and oxygen atoms in total. The van der Waals surface area contributed by atoms with Crippen LogP contribution in [0.5, 0.6) is 0 Å². The molecule has 0 aliphatic rings. The lowest BCUT2D eigenvalue weighted by atomic mass is 10.2. The van der Waals surface area contributed by atoms with Gasteiger partial charge in [-0.1, -0.05) is 0 Å². The lowest BCUT2D eigenvalue weighted by Gasteiger charge is -2.03. The molecule has 1 heterocycles. The first kappa shape index (κ1) is 11.1. The molecule has 0 bridgehead atoms. The molecule has 0 fully saturated rings. The summed E-state index contributed by atoms with van der Waals surface area (Å²) in [4.78, 5) is 18.2. The van der Waals surface area contributed by atoms with Crippen molar-refractivity contribution in [3.05, 3.63) is 41.6 Å².